The smallest absolute Gasteiger partial charge is 0.145 e. The maximum atomic E-state index is 9.16. The lowest BCUT2D eigenvalue weighted by Crippen LogP contribution is -2.12. The summed E-state index contributed by atoms with van der Waals surface area (Å²) in [5.74, 6) is 1.28. The Hall–Kier alpha value is -1.98. The monoisotopic (exact) mass is 285 g/mol. The number of ether oxygens (including phenoxy) is 1. The first kappa shape index (κ1) is 14.4. The Morgan fingerprint density at radius 2 is 1.75 bits per heavy atom. The quantitative estimate of drug-likeness (QED) is 0.750. The third kappa shape index (κ3) is 3.12. The highest BCUT2D eigenvalue weighted by molar-refractivity contribution is 6.30. The van der Waals surface area contributed by atoms with E-state index in [1.54, 1.807) is 18.2 Å². The van der Waals surface area contributed by atoms with E-state index in [2.05, 4.69) is 26.8 Å². The van der Waals surface area contributed by atoms with Gasteiger partial charge >= 0.3 is 0 Å². The van der Waals surface area contributed by atoms with Gasteiger partial charge in [0.25, 0.3) is 0 Å². The molecule has 0 heterocycles. The molecule has 0 fully saturated rings. The van der Waals surface area contributed by atoms with Crippen LogP contribution in [0.25, 0.3) is 0 Å². The number of nitrogens with zero attached hydrogens (tertiary/aromatic N) is 1. The average molecular weight is 286 g/mol. The molecule has 0 spiro atoms. The van der Waals surface area contributed by atoms with Crippen molar-refractivity contribution in [2.45, 2.75) is 26.2 Å². The molecule has 0 aliphatic heterocycles. The minimum atomic E-state index is -0.0319. The van der Waals surface area contributed by atoms with Crippen molar-refractivity contribution >= 4 is 11.6 Å². The van der Waals surface area contributed by atoms with Gasteiger partial charge in [-0.15, -0.1) is 0 Å². The molecule has 2 aromatic carbocycles. The Labute approximate surface area is 124 Å². The highest BCUT2D eigenvalue weighted by Crippen LogP contribution is 2.35. The summed E-state index contributed by atoms with van der Waals surface area (Å²) in [5.41, 5.74) is 1.50. The molecule has 0 radical (unpaired) electrons. The van der Waals surface area contributed by atoms with Crippen LogP contribution in [0.2, 0.25) is 5.02 Å². The lowest BCUT2D eigenvalue weighted by atomic mass is 9.86. The Kier molecular flexibility index (Phi) is 4.01. The van der Waals surface area contributed by atoms with Crippen molar-refractivity contribution in [1.82, 2.24) is 0 Å². The molecule has 2 rings (SSSR count). The summed E-state index contributed by atoms with van der Waals surface area (Å²) in [6.07, 6.45) is 0. The van der Waals surface area contributed by atoms with E-state index in [4.69, 9.17) is 21.6 Å². The standard InChI is InChI=1S/C17H16ClNO/c1-17(2,3)14-6-4-5-7-16(14)20-15-9-8-13(18)10-12(15)11-19/h4-10H,1-3H3. The van der Waals surface area contributed by atoms with Crippen molar-refractivity contribution in [1.29, 1.82) is 5.26 Å². The Morgan fingerprint density at radius 3 is 2.40 bits per heavy atom. The largest absolute Gasteiger partial charge is 0.456 e. The predicted octanol–water partition coefficient (Wildman–Crippen LogP) is 5.30. The van der Waals surface area contributed by atoms with Gasteiger partial charge in [0, 0.05) is 10.6 Å². The second-order valence-electron chi connectivity index (χ2n) is 5.60. The Morgan fingerprint density at radius 1 is 1.05 bits per heavy atom. The van der Waals surface area contributed by atoms with Crippen LogP contribution in [0, 0.1) is 11.3 Å². The first-order valence-corrected chi connectivity index (χ1v) is 6.76. The Balaban J connectivity index is 2.44. The van der Waals surface area contributed by atoms with Crippen LogP contribution in [0.5, 0.6) is 11.5 Å². The number of rotatable bonds is 2. The molecule has 0 bridgehead atoms. The van der Waals surface area contributed by atoms with E-state index < -0.39 is 0 Å². The fourth-order valence-corrected chi connectivity index (χ4v) is 2.14. The molecule has 0 saturated heterocycles. The van der Waals surface area contributed by atoms with Crippen LogP contribution in [0.3, 0.4) is 0 Å². The molecule has 0 N–H and O–H groups in total. The van der Waals surface area contributed by atoms with E-state index >= 15 is 0 Å². The van der Waals surface area contributed by atoms with E-state index in [0.717, 1.165) is 11.3 Å². The van der Waals surface area contributed by atoms with Crippen LogP contribution >= 0.6 is 11.6 Å². The van der Waals surface area contributed by atoms with Crippen molar-refractivity contribution in [3.05, 3.63) is 58.6 Å². The van der Waals surface area contributed by atoms with Crippen LogP contribution in [0.4, 0.5) is 0 Å². The molecule has 2 nitrogen and oxygen atoms in total. The fraction of sp³-hybridized carbons (Fsp3) is 0.235. The lowest BCUT2D eigenvalue weighted by Gasteiger charge is -2.22. The molecule has 0 aliphatic rings. The lowest BCUT2D eigenvalue weighted by molar-refractivity contribution is 0.454. The first-order chi connectivity index (χ1) is 9.41. The van der Waals surface area contributed by atoms with E-state index in [-0.39, 0.29) is 5.41 Å². The van der Waals surface area contributed by atoms with Gasteiger partial charge in [0.15, 0.2) is 0 Å². The molecule has 0 aliphatic carbocycles. The summed E-state index contributed by atoms with van der Waals surface area (Å²) in [7, 11) is 0. The molecule has 3 heteroatoms. The zero-order chi connectivity index (χ0) is 14.8. The number of hydrogen-bond donors (Lipinski definition) is 0. The third-order valence-corrected chi connectivity index (χ3v) is 3.21. The topological polar surface area (TPSA) is 33.0 Å². The van der Waals surface area contributed by atoms with Gasteiger partial charge in [0.1, 0.15) is 17.6 Å². The second-order valence-corrected chi connectivity index (χ2v) is 6.04. The maximum Gasteiger partial charge on any atom is 0.145 e. The number of benzene rings is 2. The molecule has 102 valence electrons. The van der Waals surface area contributed by atoms with Crippen molar-refractivity contribution in [2.24, 2.45) is 0 Å². The van der Waals surface area contributed by atoms with Crippen molar-refractivity contribution in [3.63, 3.8) is 0 Å². The molecule has 0 saturated carbocycles. The highest BCUT2D eigenvalue weighted by Gasteiger charge is 2.19. The summed E-state index contributed by atoms with van der Waals surface area (Å²) >= 11 is 5.90. The summed E-state index contributed by atoms with van der Waals surface area (Å²) < 4.78 is 5.93. The summed E-state index contributed by atoms with van der Waals surface area (Å²) in [4.78, 5) is 0. The van der Waals surface area contributed by atoms with Crippen LogP contribution < -0.4 is 4.74 Å². The molecule has 0 amide bonds. The van der Waals surface area contributed by atoms with Crippen LogP contribution in [-0.4, -0.2) is 0 Å². The van der Waals surface area contributed by atoms with Gasteiger partial charge in [0.2, 0.25) is 0 Å². The van der Waals surface area contributed by atoms with Crippen molar-refractivity contribution in [3.8, 4) is 17.6 Å². The number of nitriles is 1. The minimum Gasteiger partial charge on any atom is -0.456 e. The summed E-state index contributed by atoms with van der Waals surface area (Å²) in [6.45, 7) is 6.38. The minimum absolute atomic E-state index is 0.0319. The molecular weight excluding hydrogens is 270 g/mol. The van der Waals surface area contributed by atoms with E-state index in [0.29, 0.717) is 16.3 Å². The summed E-state index contributed by atoms with van der Waals surface area (Å²) in [5, 5.41) is 9.69. The molecule has 20 heavy (non-hydrogen) atoms. The highest BCUT2D eigenvalue weighted by atomic mass is 35.5. The van der Waals surface area contributed by atoms with Gasteiger partial charge < -0.3 is 4.74 Å². The van der Waals surface area contributed by atoms with Crippen LogP contribution in [0.1, 0.15) is 31.9 Å². The first-order valence-electron chi connectivity index (χ1n) is 6.39. The van der Waals surface area contributed by atoms with Gasteiger partial charge in [-0.25, -0.2) is 0 Å². The third-order valence-electron chi connectivity index (χ3n) is 2.98. The average Bonchev–Trinajstić information content (AvgIpc) is 2.40. The van der Waals surface area contributed by atoms with Gasteiger partial charge in [-0.1, -0.05) is 50.6 Å². The van der Waals surface area contributed by atoms with Gasteiger partial charge in [-0.05, 0) is 29.7 Å². The molecule has 0 aromatic heterocycles. The van der Waals surface area contributed by atoms with E-state index in [1.165, 1.54) is 0 Å². The molecule has 0 atom stereocenters. The summed E-state index contributed by atoms with van der Waals surface area (Å²) in [6, 6.07) is 15.0. The maximum absolute atomic E-state index is 9.16. The molecule has 2 aromatic rings. The zero-order valence-corrected chi connectivity index (χ0v) is 12.5. The van der Waals surface area contributed by atoms with Crippen LogP contribution in [0.15, 0.2) is 42.5 Å². The van der Waals surface area contributed by atoms with Crippen molar-refractivity contribution in [2.75, 3.05) is 0 Å². The Bertz CT molecular complexity index is 665. The van der Waals surface area contributed by atoms with E-state index in [1.807, 2.05) is 24.3 Å². The molecule has 0 unspecified atom stereocenters. The van der Waals surface area contributed by atoms with E-state index in [9.17, 15) is 0 Å². The van der Waals surface area contributed by atoms with Crippen LogP contribution in [-0.2, 0) is 5.41 Å². The number of halogens is 1. The molecular formula is C17H16ClNO. The SMILES string of the molecule is CC(C)(C)c1ccccc1Oc1ccc(Cl)cc1C#N. The van der Waals surface area contributed by atoms with Crippen molar-refractivity contribution < 1.29 is 4.74 Å². The zero-order valence-electron chi connectivity index (χ0n) is 11.8. The number of hydrogen-bond acceptors (Lipinski definition) is 2. The number of para-hydroxylation sites is 1. The fourth-order valence-electron chi connectivity index (χ4n) is 1.97. The predicted molar refractivity (Wildman–Crippen MR) is 81.4 cm³/mol. The normalized spacial score (nSPS) is 10.9. The second kappa shape index (κ2) is 5.56. The van der Waals surface area contributed by atoms with Gasteiger partial charge in [0.05, 0.1) is 5.56 Å². The van der Waals surface area contributed by atoms with Gasteiger partial charge in [-0.2, -0.15) is 5.26 Å². The van der Waals surface area contributed by atoms with Gasteiger partial charge in [-0.3, -0.25) is 0 Å².